The third-order valence-electron chi connectivity index (χ3n) is 5.34. The smallest absolute Gasteiger partial charge is 0.306 e. The summed E-state index contributed by atoms with van der Waals surface area (Å²) in [5.41, 5.74) is 0.589. The fraction of sp³-hybridized carbons (Fsp3) is 0.526. The van der Waals surface area contributed by atoms with Crippen LogP contribution in [0.2, 0.25) is 5.02 Å². The van der Waals surface area contributed by atoms with Gasteiger partial charge in [0.25, 0.3) is 5.91 Å². The van der Waals surface area contributed by atoms with E-state index in [1.54, 1.807) is 34.1 Å². The van der Waals surface area contributed by atoms with Crippen LogP contribution >= 0.6 is 11.6 Å². The Kier molecular flexibility index (Phi) is 5.81. The molecule has 1 heterocycles. The standard InChI is InChI=1S/C19H23ClN2O4/c20-16-6-4-13(5-7-16)17(23)21-8-10-22(11-9-21)18(24)14-2-1-3-15(12-14)19(25)26/h4-7,14-15H,1-3,8-12H2,(H,25,26). The van der Waals surface area contributed by atoms with Crippen molar-refractivity contribution in [2.45, 2.75) is 25.7 Å². The molecule has 1 saturated carbocycles. The van der Waals surface area contributed by atoms with Crippen molar-refractivity contribution >= 4 is 29.4 Å². The van der Waals surface area contributed by atoms with Crippen LogP contribution in [0.3, 0.4) is 0 Å². The van der Waals surface area contributed by atoms with Gasteiger partial charge >= 0.3 is 5.97 Å². The van der Waals surface area contributed by atoms with Gasteiger partial charge in [-0.05, 0) is 43.5 Å². The number of aliphatic carboxylic acids is 1. The Morgan fingerprint density at radius 2 is 1.50 bits per heavy atom. The number of carbonyl (C=O) groups excluding carboxylic acids is 2. The van der Waals surface area contributed by atoms with Gasteiger partial charge < -0.3 is 14.9 Å². The topological polar surface area (TPSA) is 77.9 Å². The molecule has 0 spiro atoms. The molecule has 2 fully saturated rings. The summed E-state index contributed by atoms with van der Waals surface area (Å²) >= 11 is 5.85. The first-order chi connectivity index (χ1) is 12.5. The molecule has 0 radical (unpaired) electrons. The van der Waals surface area contributed by atoms with E-state index in [4.69, 9.17) is 11.6 Å². The zero-order valence-electron chi connectivity index (χ0n) is 14.6. The number of hydrogen-bond acceptors (Lipinski definition) is 3. The van der Waals surface area contributed by atoms with E-state index in [1.165, 1.54) is 0 Å². The predicted molar refractivity (Wildman–Crippen MR) is 97.0 cm³/mol. The molecule has 6 nitrogen and oxygen atoms in total. The maximum atomic E-state index is 12.7. The van der Waals surface area contributed by atoms with Crippen LogP contribution in [0, 0.1) is 11.8 Å². The van der Waals surface area contributed by atoms with E-state index in [0.29, 0.717) is 49.6 Å². The Balaban J connectivity index is 1.54. The van der Waals surface area contributed by atoms with Crippen molar-refractivity contribution in [3.05, 3.63) is 34.9 Å². The molecule has 3 rings (SSSR count). The molecule has 2 amide bonds. The molecular formula is C19H23ClN2O4. The molecule has 1 aromatic carbocycles. The van der Waals surface area contributed by atoms with Gasteiger partial charge in [0.05, 0.1) is 5.92 Å². The third-order valence-corrected chi connectivity index (χ3v) is 5.59. The summed E-state index contributed by atoms with van der Waals surface area (Å²) in [6, 6.07) is 6.79. The maximum absolute atomic E-state index is 12.7. The van der Waals surface area contributed by atoms with Crippen LogP contribution in [-0.4, -0.2) is 58.9 Å². The van der Waals surface area contributed by atoms with E-state index in [0.717, 1.165) is 12.8 Å². The molecule has 1 N–H and O–H groups in total. The van der Waals surface area contributed by atoms with Crippen molar-refractivity contribution in [1.82, 2.24) is 9.80 Å². The van der Waals surface area contributed by atoms with Gasteiger partial charge in [-0.1, -0.05) is 18.0 Å². The lowest BCUT2D eigenvalue weighted by Gasteiger charge is -2.37. The Morgan fingerprint density at radius 3 is 2.12 bits per heavy atom. The van der Waals surface area contributed by atoms with E-state index < -0.39 is 11.9 Å². The molecule has 1 saturated heterocycles. The van der Waals surface area contributed by atoms with Gasteiger partial charge in [-0.25, -0.2) is 0 Å². The molecule has 1 aliphatic heterocycles. The second-order valence-electron chi connectivity index (χ2n) is 7.02. The Bertz CT molecular complexity index is 683. The monoisotopic (exact) mass is 378 g/mol. The van der Waals surface area contributed by atoms with Crippen LogP contribution in [0.4, 0.5) is 0 Å². The number of carbonyl (C=O) groups is 3. The van der Waals surface area contributed by atoms with Crippen molar-refractivity contribution in [2.75, 3.05) is 26.2 Å². The first-order valence-corrected chi connectivity index (χ1v) is 9.40. The summed E-state index contributed by atoms with van der Waals surface area (Å²) in [6.45, 7) is 1.96. The van der Waals surface area contributed by atoms with E-state index in [1.807, 2.05) is 0 Å². The highest BCUT2D eigenvalue weighted by atomic mass is 35.5. The summed E-state index contributed by atoms with van der Waals surface area (Å²) in [5, 5.41) is 9.78. The van der Waals surface area contributed by atoms with Gasteiger partial charge in [-0.15, -0.1) is 0 Å². The minimum absolute atomic E-state index is 0.0366. The van der Waals surface area contributed by atoms with Crippen molar-refractivity contribution in [2.24, 2.45) is 11.8 Å². The van der Waals surface area contributed by atoms with Gasteiger partial charge in [0.1, 0.15) is 0 Å². The van der Waals surface area contributed by atoms with Crippen LogP contribution in [-0.2, 0) is 9.59 Å². The van der Waals surface area contributed by atoms with Gasteiger partial charge in [0, 0.05) is 42.7 Å². The molecule has 26 heavy (non-hydrogen) atoms. The van der Waals surface area contributed by atoms with E-state index in [2.05, 4.69) is 0 Å². The fourth-order valence-corrected chi connectivity index (χ4v) is 3.93. The molecule has 2 unspecified atom stereocenters. The number of amides is 2. The molecule has 1 aliphatic carbocycles. The van der Waals surface area contributed by atoms with Crippen LogP contribution in [0.15, 0.2) is 24.3 Å². The molecule has 0 aromatic heterocycles. The Hall–Kier alpha value is -2.08. The quantitative estimate of drug-likeness (QED) is 0.876. The highest BCUT2D eigenvalue weighted by Crippen LogP contribution is 2.30. The lowest BCUT2D eigenvalue weighted by Crippen LogP contribution is -2.52. The summed E-state index contributed by atoms with van der Waals surface area (Å²) in [5.74, 6) is -1.44. The van der Waals surface area contributed by atoms with E-state index in [9.17, 15) is 19.5 Å². The zero-order valence-corrected chi connectivity index (χ0v) is 15.3. The average Bonchev–Trinajstić information content (AvgIpc) is 2.67. The van der Waals surface area contributed by atoms with Gasteiger partial charge in [0.2, 0.25) is 5.91 Å². The van der Waals surface area contributed by atoms with Crippen molar-refractivity contribution < 1.29 is 19.5 Å². The number of nitrogens with zero attached hydrogens (tertiary/aromatic N) is 2. The maximum Gasteiger partial charge on any atom is 0.306 e. The number of carboxylic acid groups (broad SMARTS) is 1. The first kappa shape index (κ1) is 18.7. The lowest BCUT2D eigenvalue weighted by molar-refractivity contribution is -0.146. The number of hydrogen-bond donors (Lipinski definition) is 1. The van der Waals surface area contributed by atoms with Gasteiger partial charge in [0.15, 0.2) is 0 Å². The molecule has 2 atom stereocenters. The van der Waals surface area contributed by atoms with Gasteiger partial charge in [-0.2, -0.15) is 0 Å². The summed E-state index contributed by atoms with van der Waals surface area (Å²) in [7, 11) is 0. The van der Waals surface area contributed by atoms with E-state index >= 15 is 0 Å². The van der Waals surface area contributed by atoms with E-state index in [-0.39, 0.29) is 17.7 Å². The molecule has 2 aliphatic rings. The zero-order chi connectivity index (χ0) is 18.7. The molecule has 7 heteroatoms. The van der Waals surface area contributed by atoms with Crippen LogP contribution in [0.1, 0.15) is 36.0 Å². The summed E-state index contributed by atoms with van der Waals surface area (Å²) in [6.07, 6.45) is 2.62. The van der Waals surface area contributed by atoms with Crippen LogP contribution < -0.4 is 0 Å². The first-order valence-electron chi connectivity index (χ1n) is 9.02. The third kappa shape index (κ3) is 4.18. The second-order valence-corrected chi connectivity index (χ2v) is 7.46. The average molecular weight is 379 g/mol. The molecule has 1 aromatic rings. The fourth-order valence-electron chi connectivity index (χ4n) is 3.80. The molecule has 0 bridgehead atoms. The minimum atomic E-state index is -0.805. The number of piperazine rings is 1. The number of carboxylic acids is 1. The number of rotatable bonds is 3. The SMILES string of the molecule is O=C(O)C1CCCC(C(=O)N2CCN(C(=O)c3ccc(Cl)cc3)CC2)C1. The second kappa shape index (κ2) is 8.08. The number of benzene rings is 1. The summed E-state index contributed by atoms with van der Waals surface area (Å²) in [4.78, 5) is 40.0. The predicted octanol–water partition coefficient (Wildman–Crippen LogP) is 2.52. The molecular weight excluding hydrogens is 356 g/mol. The highest BCUT2D eigenvalue weighted by molar-refractivity contribution is 6.30. The van der Waals surface area contributed by atoms with Crippen molar-refractivity contribution in [3.63, 3.8) is 0 Å². The lowest BCUT2D eigenvalue weighted by atomic mass is 9.80. The Labute approximate surface area is 157 Å². The van der Waals surface area contributed by atoms with Crippen molar-refractivity contribution in [1.29, 1.82) is 0 Å². The van der Waals surface area contributed by atoms with Crippen molar-refractivity contribution in [3.8, 4) is 0 Å². The summed E-state index contributed by atoms with van der Waals surface area (Å²) < 4.78 is 0. The van der Waals surface area contributed by atoms with Crippen LogP contribution in [0.5, 0.6) is 0 Å². The van der Waals surface area contributed by atoms with Crippen LogP contribution in [0.25, 0.3) is 0 Å². The minimum Gasteiger partial charge on any atom is -0.481 e. The number of halogens is 1. The highest BCUT2D eigenvalue weighted by Gasteiger charge is 2.34. The largest absolute Gasteiger partial charge is 0.481 e. The van der Waals surface area contributed by atoms with Gasteiger partial charge in [-0.3, -0.25) is 14.4 Å². The normalized spacial score (nSPS) is 23.6. The Morgan fingerprint density at radius 1 is 0.923 bits per heavy atom. The molecule has 140 valence electrons.